The first-order valence-corrected chi connectivity index (χ1v) is 3.52. The van der Waals surface area contributed by atoms with Crippen LogP contribution in [-0.2, 0) is 9.53 Å². The van der Waals surface area contributed by atoms with Gasteiger partial charge in [-0.1, -0.05) is 0 Å². The van der Waals surface area contributed by atoms with E-state index in [0.717, 1.165) is 0 Å². The minimum Gasteiger partial charge on any atom is -0.459 e. The summed E-state index contributed by atoms with van der Waals surface area (Å²) in [7, 11) is 0. The second-order valence-electron chi connectivity index (χ2n) is 2.65. The summed E-state index contributed by atoms with van der Waals surface area (Å²) in [6, 6.07) is 0. The van der Waals surface area contributed by atoms with E-state index in [4.69, 9.17) is 0 Å². The predicted octanol–water partition coefficient (Wildman–Crippen LogP) is 2.68. The molecular weight excluding hydrogens is 256 g/mol. The highest BCUT2D eigenvalue weighted by Crippen LogP contribution is 2.35. The van der Waals surface area contributed by atoms with E-state index in [0.29, 0.717) is 0 Å². The predicted molar refractivity (Wildman–Crippen MR) is 32.6 cm³/mol. The molecule has 0 fully saturated rings. The molecule has 96 valence electrons. The molecule has 0 aromatic heterocycles. The fourth-order valence-corrected chi connectivity index (χ4v) is 0.468. The maximum absolute atomic E-state index is 12.0. The van der Waals surface area contributed by atoms with Gasteiger partial charge in [0.2, 0.25) is 0 Å². The van der Waals surface area contributed by atoms with Gasteiger partial charge in [-0.3, -0.25) is 4.79 Å². The molecule has 0 aromatic carbocycles. The first kappa shape index (κ1) is 14.9. The number of hydrogen-bond acceptors (Lipinski definition) is 2. The lowest BCUT2D eigenvalue weighted by molar-refractivity contribution is -0.294. The van der Waals surface area contributed by atoms with Crippen molar-refractivity contribution in [2.45, 2.75) is 24.7 Å². The van der Waals surface area contributed by atoms with Crippen molar-refractivity contribution in [2.24, 2.45) is 0 Å². The van der Waals surface area contributed by atoms with E-state index < -0.39 is 37.3 Å². The van der Waals surface area contributed by atoms with Gasteiger partial charge in [0.15, 0.2) is 6.61 Å². The van der Waals surface area contributed by atoms with Gasteiger partial charge in [0.05, 0.1) is 0 Å². The molecule has 0 atom stereocenters. The average molecular weight is 260 g/mol. The zero-order valence-electron chi connectivity index (χ0n) is 7.25. The second kappa shape index (κ2) is 4.42. The monoisotopic (exact) mass is 260 g/mol. The fraction of sp³-hybridized carbons (Fsp3) is 0.833. The molecule has 0 saturated heterocycles. The van der Waals surface area contributed by atoms with Crippen LogP contribution in [0, 0.1) is 0 Å². The topological polar surface area (TPSA) is 26.3 Å². The lowest BCUT2D eigenvalue weighted by atomic mass is 10.3. The van der Waals surface area contributed by atoms with Crippen LogP contribution in [0.5, 0.6) is 0 Å². The van der Waals surface area contributed by atoms with Crippen LogP contribution in [0.25, 0.3) is 0 Å². The van der Waals surface area contributed by atoms with Gasteiger partial charge >= 0.3 is 24.2 Å². The zero-order valence-corrected chi connectivity index (χ0v) is 7.25. The number of hydrogen-bond donors (Lipinski definition) is 0. The minimum absolute atomic E-state index is 2.20. The Labute approximate surface area is 83.2 Å². The minimum atomic E-state index is -5.98. The molecule has 2 nitrogen and oxygen atoms in total. The third kappa shape index (κ3) is 5.12. The molecule has 0 spiro atoms. The zero-order chi connectivity index (χ0) is 13.2. The van der Waals surface area contributed by atoms with Crippen molar-refractivity contribution in [3.63, 3.8) is 0 Å². The molecule has 0 bridgehead atoms. The molecule has 0 N–H and O–H groups in total. The number of alkyl halides is 8. The summed E-state index contributed by atoms with van der Waals surface area (Å²) in [5.74, 6) is -7.56. The van der Waals surface area contributed by atoms with E-state index >= 15 is 0 Å². The average Bonchev–Trinajstić information content (AvgIpc) is 1.95. The van der Waals surface area contributed by atoms with Crippen LogP contribution in [0.4, 0.5) is 35.1 Å². The smallest absolute Gasteiger partial charge is 0.456 e. The van der Waals surface area contributed by atoms with Crippen molar-refractivity contribution in [3.8, 4) is 0 Å². The molecule has 0 aromatic rings. The Morgan fingerprint density at radius 1 is 0.938 bits per heavy atom. The fourth-order valence-electron chi connectivity index (χ4n) is 0.468. The SMILES string of the molecule is O=C(CC(F)(F)F)OCC(F)(F)C(F)(F)F. The number of rotatable bonds is 3. The van der Waals surface area contributed by atoms with Gasteiger partial charge in [0.1, 0.15) is 6.42 Å². The molecule has 0 radical (unpaired) electrons. The Hall–Kier alpha value is -1.09. The summed E-state index contributed by atoms with van der Waals surface area (Å²) < 4.78 is 96.0. The highest BCUT2D eigenvalue weighted by atomic mass is 19.4. The van der Waals surface area contributed by atoms with Gasteiger partial charge in [-0.15, -0.1) is 0 Å². The normalized spacial score (nSPS) is 13.8. The van der Waals surface area contributed by atoms with Crippen LogP contribution < -0.4 is 0 Å². The number of halogens is 8. The Morgan fingerprint density at radius 3 is 1.69 bits per heavy atom. The Morgan fingerprint density at radius 2 is 1.38 bits per heavy atom. The van der Waals surface area contributed by atoms with Gasteiger partial charge in [-0.25, -0.2) is 0 Å². The highest BCUT2D eigenvalue weighted by Gasteiger charge is 2.58. The van der Waals surface area contributed by atoms with Crippen LogP contribution >= 0.6 is 0 Å². The van der Waals surface area contributed by atoms with Crippen LogP contribution in [-0.4, -0.2) is 30.9 Å². The van der Waals surface area contributed by atoms with Gasteiger partial charge < -0.3 is 4.74 Å². The van der Waals surface area contributed by atoms with E-state index in [1.54, 1.807) is 0 Å². The van der Waals surface area contributed by atoms with Crippen molar-refractivity contribution in [1.29, 1.82) is 0 Å². The van der Waals surface area contributed by atoms with Gasteiger partial charge in [-0.2, -0.15) is 35.1 Å². The Bertz CT molecular complexity index is 252. The summed E-state index contributed by atoms with van der Waals surface area (Å²) in [6.07, 6.45) is -13.2. The van der Waals surface area contributed by atoms with Crippen LogP contribution in [0.3, 0.4) is 0 Å². The molecule has 16 heavy (non-hydrogen) atoms. The first-order valence-electron chi connectivity index (χ1n) is 3.52. The van der Waals surface area contributed by atoms with Crippen LogP contribution in [0.15, 0.2) is 0 Å². The summed E-state index contributed by atoms with van der Waals surface area (Å²) >= 11 is 0. The van der Waals surface area contributed by atoms with E-state index in [1.165, 1.54) is 0 Å². The van der Waals surface area contributed by atoms with E-state index in [9.17, 15) is 39.9 Å². The van der Waals surface area contributed by atoms with Gasteiger partial charge in [0.25, 0.3) is 0 Å². The highest BCUT2D eigenvalue weighted by molar-refractivity contribution is 5.70. The van der Waals surface area contributed by atoms with E-state index in [-0.39, 0.29) is 0 Å². The molecule has 0 aliphatic heterocycles. The molecule has 0 rings (SSSR count). The number of carbonyl (C=O) groups is 1. The van der Waals surface area contributed by atoms with Crippen molar-refractivity contribution in [3.05, 3.63) is 0 Å². The Balaban J connectivity index is 4.22. The van der Waals surface area contributed by atoms with E-state index in [2.05, 4.69) is 4.74 Å². The summed E-state index contributed by atoms with van der Waals surface area (Å²) in [4.78, 5) is 10.2. The standard InChI is InChI=1S/C6H4F8O2/c7-4(8,6(12,13)14)2-16-3(15)1-5(9,10)11/h1-2H2. The first-order chi connectivity index (χ1) is 6.85. The molecule has 0 aliphatic rings. The van der Waals surface area contributed by atoms with Crippen molar-refractivity contribution in [1.82, 2.24) is 0 Å². The quantitative estimate of drug-likeness (QED) is 0.576. The molecule has 10 heteroatoms. The van der Waals surface area contributed by atoms with Crippen molar-refractivity contribution >= 4 is 5.97 Å². The second-order valence-corrected chi connectivity index (χ2v) is 2.65. The summed E-state index contributed by atoms with van der Waals surface area (Å²) in [5.41, 5.74) is 0. The maximum Gasteiger partial charge on any atom is 0.456 e. The third-order valence-electron chi connectivity index (χ3n) is 1.17. The number of esters is 1. The van der Waals surface area contributed by atoms with Gasteiger partial charge in [-0.05, 0) is 0 Å². The summed E-state index contributed by atoms with van der Waals surface area (Å²) in [6.45, 7) is -2.47. The molecule has 0 heterocycles. The number of ether oxygens (including phenoxy) is 1. The molecule has 0 saturated carbocycles. The maximum atomic E-state index is 12.0. The molecule has 0 amide bonds. The molecule has 0 unspecified atom stereocenters. The van der Waals surface area contributed by atoms with Crippen LogP contribution in [0.2, 0.25) is 0 Å². The third-order valence-corrected chi connectivity index (χ3v) is 1.17. The molecular formula is C6H4F8O2. The van der Waals surface area contributed by atoms with Crippen molar-refractivity contribution in [2.75, 3.05) is 6.61 Å². The van der Waals surface area contributed by atoms with Gasteiger partial charge in [0, 0.05) is 0 Å². The van der Waals surface area contributed by atoms with Crippen LogP contribution in [0.1, 0.15) is 6.42 Å². The van der Waals surface area contributed by atoms with Crippen molar-refractivity contribution < 1.29 is 44.7 Å². The molecule has 0 aliphatic carbocycles. The Kier molecular flexibility index (Phi) is 4.12. The van der Waals surface area contributed by atoms with E-state index in [1.807, 2.05) is 0 Å². The lowest BCUT2D eigenvalue weighted by Gasteiger charge is -2.19. The largest absolute Gasteiger partial charge is 0.459 e. The lowest BCUT2D eigenvalue weighted by Crippen LogP contribution is -2.41. The number of carbonyl (C=O) groups excluding carboxylic acids is 1. The summed E-state index contributed by atoms with van der Waals surface area (Å²) in [5, 5.41) is 0.